The maximum atomic E-state index is 12.2. The van der Waals surface area contributed by atoms with Crippen LogP contribution in [0, 0.1) is 11.8 Å². The lowest BCUT2D eigenvalue weighted by molar-refractivity contribution is 0.391. The van der Waals surface area contributed by atoms with Crippen LogP contribution in [-0.4, -0.2) is 15.8 Å². The number of hydrogen-bond donors (Lipinski definition) is 1. The van der Waals surface area contributed by atoms with Crippen LogP contribution in [0.2, 0.25) is 0 Å². The van der Waals surface area contributed by atoms with E-state index in [9.17, 15) is 4.79 Å². The average molecular weight is 342 g/mol. The summed E-state index contributed by atoms with van der Waals surface area (Å²) in [5.41, 5.74) is 0.753. The second-order valence-electron chi connectivity index (χ2n) is 6.07. The van der Waals surface area contributed by atoms with Crippen LogP contribution in [0.5, 0.6) is 0 Å². The Balaban J connectivity index is 2.19. The van der Waals surface area contributed by atoms with Crippen LogP contribution in [0.15, 0.2) is 15.5 Å². The summed E-state index contributed by atoms with van der Waals surface area (Å²) in [6.45, 7) is 8.47. The quantitative estimate of drug-likeness (QED) is 0.905. The molecule has 1 aromatic heterocycles. The van der Waals surface area contributed by atoms with Crippen molar-refractivity contribution in [3.63, 3.8) is 0 Å². The summed E-state index contributed by atoms with van der Waals surface area (Å²) in [6.07, 6.45) is 5.42. The Morgan fingerprint density at radius 3 is 2.75 bits per heavy atom. The first kappa shape index (κ1) is 15.5. The number of halogens is 1. The number of nitrogens with zero attached hydrogens (tertiary/aromatic N) is 2. The van der Waals surface area contributed by atoms with Gasteiger partial charge >= 0.3 is 0 Å². The molecule has 1 fully saturated rings. The van der Waals surface area contributed by atoms with Gasteiger partial charge in [0.05, 0.1) is 17.9 Å². The molecule has 1 aromatic rings. The molecule has 2 rings (SSSR count). The Morgan fingerprint density at radius 2 is 2.20 bits per heavy atom. The minimum Gasteiger partial charge on any atom is -0.380 e. The summed E-state index contributed by atoms with van der Waals surface area (Å²) in [6, 6.07) is 0.509. The summed E-state index contributed by atoms with van der Waals surface area (Å²) >= 11 is 3.42. The van der Waals surface area contributed by atoms with Crippen LogP contribution in [0.3, 0.4) is 0 Å². The lowest BCUT2D eigenvalue weighted by Crippen LogP contribution is -2.29. The summed E-state index contributed by atoms with van der Waals surface area (Å²) in [5, 5.41) is 7.76. The Labute approximate surface area is 129 Å². The highest BCUT2D eigenvalue weighted by atomic mass is 79.9. The molecule has 0 aliphatic heterocycles. The zero-order valence-electron chi connectivity index (χ0n) is 12.7. The van der Waals surface area contributed by atoms with E-state index in [0.29, 0.717) is 16.4 Å². The molecule has 5 heteroatoms. The number of hydrogen-bond acceptors (Lipinski definition) is 3. The van der Waals surface area contributed by atoms with Crippen molar-refractivity contribution in [1.29, 1.82) is 0 Å². The van der Waals surface area contributed by atoms with E-state index < -0.39 is 0 Å². The lowest BCUT2D eigenvalue weighted by atomic mass is 9.93. The van der Waals surface area contributed by atoms with E-state index in [0.717, 1.165) is 11.6 Å². The van der Waals surface area contributed by atoms with Crippen LogP contribution < -0.4 is 10.9 Å². The lowest BCUT2D eigenvalue weighted by Gasteiger charge is -2.22. The molecule has 112 valence electrons. The van der Waals surface area contributed by atoms with Crippen molar-refractivity contribution in [2.24, 2.45) is 11.8 Å². The third-order valence-corrected chi connectivity index (χ3v) is 5.29. The van der Waals surface area contributed by atoms with Crippen molar-refractivity contribution >= 4 is 21.6 Å². The van der Waals surface area contributed by atoms with Crippen LogP contribution in [-0.2, 0) is 0 Å². The second kappa shape index (κ2) is 6.29. The summed E-state index contributed by atoms with van der Waals surface area (Å²) in [5.74, 6) is 1.43. The predicted molar refractivity (Wildman–Crippen MR) is 86.2 cm³/mol. The largest absolute Gasteiger partial charge is 0.380 e. The summed E-state index contributed by atoms with van der Waals surface area (Å²) < 4.78 is 2.09. The van der Waals surface area contributed by atoms with Crippen LogP contribution >= 0.6 is 15.9 Å². The highest BCUT2D eigenvalue weighted by molar-refractivity contribution is 9.10. The smallest absolute Gasteiger partial charge is 0.283 e. The Hall–Kier alpha value is -0.840. The third kappa shape index (κ3) is 2.92. The molecule has 0 spiro atoms. The van der Waals surface area contributed by atoms with Gasteiger partial charge in [-0.15, -0.1) is 0 Å². The monoisotopic (exact) mass is 341 g/mol. The fourth-order valence-electron chi connectivity index (χ4n) is 3.14. The molecule has 4 nitrogen and oxygen atoms in total. The van der Waals surface area contributed by atoms with Gasteiger partial charge in [0.25, 0.3) is 5.56 Å². The van der Waals surface area contributed by atoms with Crippen LogP contribution in [0.1, 0.15) is 53.0 Å². The summed E-state index contributed by atoms with van der Waals surface area (Å²) in [7, 11) is 0. The van der Waals surface area contributed by atoms with E-state index in [4.69, 9.17) is 0 Å². The average Bonchev–Trinajstić information content (AvgIpc) is 2.75. The van der Waals surface area contributed by atoms with E-state index in [2.05, 4.69) is 40.2 Å². The van der Waals surface area contributed by atoms with Gasteiger partial charge in [0.1, 0.15) is 4.47 Å². The molecule has 1 N–H and O–H groups in total. The van der Waals surface area contributed by atoms with E-state index in [1.54, 1.807) is 6.20 Å². The molecule has 0 radical (unpaired) electrons. The Kier molecular flexibility index (Phi) is 4.89. The molecule has 3 atom stereocenters. The molecule has 3 unspecified atom stereocenters. The van der Waals surface area contributed by atoms with Crippen molar-refractivity contribution in [3.8, 4) is 0 Å². The van der Waals surface area contributed by atoms with E-state index in [1.165, 1.54) is 23.9 Å². The van der Waals surface area contributed by atoms with Gasteiger partial charge in [0.15, 0.2) is 0 Å². The van der Waals surface area contributed by atoms with Crippen molar-refractivity contribution in [2.75, 3.05) is 5.32 Å². The minimum absolute atomic E-state index is 0.0670. The SMILES string of the molecule is CCC1CCC(Nc2cnn(C(C)C)c(=O)c2Br)C1C. The van der Waals surface area contributed by atoms with Gasteiger partial charge in [-0.25, -0.2) is 4.68 Å². The number of nitrogens with one attached hydrogen (secondary N) is 1. The first-order chi connectivity index (χ1) is 9.45. The Bertz CT molecular complexity index is 526. The second-order valence-corrected chi connectivity index (χ2v) is 6.86. The summed E-state index contributed by atoms with van der Waals surface area (Å²) in [4.78, 5) is 12.2. The van der Waals surface area contributed by atoms with Gasteiger partial charge in [0, 0.05) is 6.04 Å². The molecule has 20 heavy (non-hydrogen) atoms. The molecule has 1 heterocycles. The Morgan fingerprint density at radius 1 is 1.50 bits per heavy atom. The van der Waals surface area contributed by atoms with E-state index >= 15 is 0 Å². The molecule has 0 amide bonds. The van der Waals surface area contributed by atoms with Gasteiger partial charge in [-0.1, -0.05) is 20.3 Å². The highest BCUT2D eigenvalue weighted by Gasteiger charge is 2.31. The van der Waals surface area contributed by atoms with Crippen molar-refractivity contribution < 1.29 is 0 Å². The molecule has 1 aliphatic rings. The molecule has 1 aliphatic carbocycles. The van der Waals surface area contributed by atoms with Crippen LogP contribution in [0.25, 0.3) is 0 Å². The van der Waals surface area contributed by atoms with Crippen LogP contribution in [0.4, 0.5) is 5.69 Å². The number of aromatic nitrogens is 2. The molecule has 1 saturated carbocycles. The number of anilines is 1. The first-order valence-corrected chi connectivity index (χ1v) is 8.28. The topological polar surface area (TPSA) is 46.9 Å². The van der Waals surface area contributed by atoms with Crippen molar-refractivity contribution in [3.05, 3.63) is 21.0 Å². The molecule has 0 bridgehead atoms. The molecular weight excluding hydrogens is 318 g/mol. The fourth-order valence-corrected chi connectivity index (χ4v) is 3.54. The minimum atomic E-state index is -0.0670. The first-order valence-electron chi connectivity index (χ1n) is 7.49. The zero-order chi connectivity index (χ0) is 14.9. The van der Waals surface area contributed by atoms with Crippen molar-refractivity contribution in [2.45, 2.75) is 59.0 Å². The fraction of sp³-hybridized carbons (Fsp3) is 0.733. The van der Waals surface area contributed by atoms with E-state index in [1.807, 2.05) is 13.8 Å². The molecule has 0 aromatic carbocycles. The standard InChI is InChI=1S/C15H24BrN3O/c1-5-11-6-7-12(10(11)4)18-13-8-17-19(9(2)3)15(20)14(13)16/h8-12,18H,5-7H2,1-4H3. The maximum absolute atomic E-state index is 12.2. The van der Waals surface area contributed by atoms with Gasteiger partial charge in [-0.2, -0.15) is 5.10 Å². The van der Waals surface area contributed by atoms with Gasteiger partial charge < -0.3 is 5.32 Å². The van der Waals surface area contributed by atoms with Gasteiger partial charge in [-0.05, 0) is 54.5 Å². The molecule has 0 saturated heterocycles. The van der Waals surface area contributed by atoms with Crippen molar-refractivity contribution in [1.82, 2.24) is 9.78 Å². The van der Waals surface area contributed by atoms with Gasteiger partial charge in [0.2, 0.25) is 0 Å². The zero-order valence-corrected chi connectivity index (χ0v) is 14.3. The normalized spacial score (nSPS) is 26.2. The number of rotatable bonds is 4. The predicted octanol–water partition coefficient (Wildman–Crippen LogP) is 3.82. The molecular formula is C15H24BrN3O. The van der Waals surface area contributed by atoms with E-state index in [-0.39, 0.29) is 11.6 Å². The maximum Gasteiger partial charge on any atom is 0.283 e. The highest BCUT2D eigenvalue weighted by Crippen LogP contribution is 2.36. The van der Waals surface area contributed by atoms with Gasteiger partial charge in [-0.3, -0.25) is 4.79 Å². The third-order valence-electron chi connectivity index (χ3n) is 4.52.